The molecule has 3 nitrogen and oxygen atoms in total. The maximum absolute atomic E-state index is 11.8. The SMILES string of the molecule is CC(C)=CC(=O)NC1CCCc2cc(N)ccc21. The number of benzene rings is 1. The van der Waals surface area contributed by atoms with Gasteiger partial charge in [-0.1, -0.05) is 11.6 Å². The number of rotatable bonds is 2. The Morgan fingerprint density at radius 3 is 2.94 bits per heavy atom. The minimum absolute atomic E-state index is 0.00956. The molecule has 1 aliphatic carbocycles. The van der Waals surface area contributed by atoms with Gasteiger partial charge in [0.2, 0.25) is 5.91 Å². The molecule has 1 aromatic rings. The average Bonchev–Trinajstić information content (AvgIpc) is 2.27. The van der Waals surface area contributed by atoms with E-state index in [2.05, 4.69) is 5.32 Å². The molecule has 1 unspecified atom stereocenters. The van der Waals surface area contributed by atoms with Crippen LogP contribution < -0.4 is 11.1 Å². The molecule has 0 saturated carbocycles. The Balaban J connectivity index is 2.18. The van der Waals surface area contributed by atoms with Crippen molar-refractivity contribution in [1.82, 2.24) is 5.32 Å². The fourth-order valence-electron chi connectivity index (χ4n) is 2.46. The summed E-state index contributed by atoms with van der Waals surface area (Å²) in [7, 11) is 0. The van der Waals surface area contributed by atoms with Crippen LogP contribution in [0.25, 0.3) is 0 Å². The number of allylic oxidation sites excluding steroid dienone is 1. The summed E-state index contributed by atoms with van der Waals surface area (Å²) in [6.07, 6.45) is 4.79. The van der Waals surface area contributed by atoms with Crippen molar-refractivity contribution in [3.05, 3.63) is 41.0 Å². The molecule has 0 aliphatic heterocycles. The van der Waals surface area contributed by atoms with Gasteiger partial charge in [-0.2, -0.15) is 0 Å². The zero-order chi connectivity index (χ0) is 13.1. The summed E-state index contributed by atoms with van der Waals surface area (Å²) in [5, 5.41) is 3.07. The number of carbonyl (C=O) groups excluding carboxylic acids is 1. The van der Waals surface area contributed by atoms with E-state index in [1.54, 1.807) is 6.08 Å². The smallest absolute Gasteiger partial charge is 0.244 e. The summed E-state index contributed by atoms with van der Waals surface area (Å²) in [5.41, 5.74) is 10.1. The molecule has 3 N–H and O–H groups in total. The van der Waals surface area contributed by atoms with E-state index in [1.165, 1.54) is 11.1 Å². The van der Waals surface area contributed by atoms with Gasteiger partial charge < -0.3 is 11.1 Å². The lowest BCUT2D eigenvalue weighted by molar-refractivity contribution is -0.117. The van der Waals surface area contributed by atoms with Crippen LogP contribution in [0.3, 0.4) is 0 Å². The van der Waals surface area contributed by atoms with Crippen molar-refractivity contribution in [3.8, 4) is 0 Å². The third-order valence-corrected chi connectivity index (χ3v) is 3.22. The van der Waals surface area contributed by atoms with Crippen molar-refractivity contribution in [2.24, 2.45) is 0 Å². The van der Waals surface area contributed by atoms with E-state index >= 15 is 0 Å². The molecule has 3 heteroatoms. The number of amides is 1. The second-order valence-corrected chi connectivity index (χ2v) is 5.13. The third-order valence-electron chi connectivity index (χ3n) is 3.22. The Labute approximate surface area is 108 Å². The average molecular weight is 244 g/mol. The van der Waals surface area contributed by atoms with Gasteiger partial charge in [-0.15, -0.1) is 0 Å². The Morgan fingerprint density at radius 2 is 2.22 bits per heavy atom. The van der Waals surface area contributed by atoms with Gasteiger partial charge in [-0.05, 0) is 56.4 Å². The van der Waals surface area contributed by atoms with Gasteiger partial charge in [0, 0.05) is 11.8 Å². The van der Waals surface area contributed by atoms with Crippen molar-refractivity contribution in [2.75, 3.05) is 5.73 Å². The standard InChI is InChI=1S/C15H20N2O/c1-10(2)8-15(18)17-14-5-3-4-11-9-12(16)6-7-13(11)14/h6-9,14H,3-5,16H2,1-2H3,(H,17,18). The van der Waals surface area contributed by atoms with Crippen LogP contribution in [0.1, 0.15) is 43.9 Å². The Kier molecular flexibility index (Phi) is 3.70. The van der Waals surface area contributed by atoms with E-state index in [0.717, 1.165) is 30.5 Å². The first-order chi connectivity index (χ1) is 8.56. The minimum atomic E-state index is -0.00956. The zero-order valence-corrected chi connectivity index (χ0v) is 11.0. The molecule has 0 heterocycles. The second kappa shape index (κ2) is 5.25. The molecule has 0 spiro atoms. The van der Waals surface area contributed by atoms with E-state index in [-0.39, 0.29) is 11.9 Å². The summed E-state index contributed by atoms with van der Waals surface area (Å²) >= 11 is 0. The number of hydrogen-bond acceptors (Lipinski definition) is 2. The van der Waals surface area contributed by atoms with Crippen LogP contribution in [0.5, 0.6) is 0 Å². The molecule has 1 aromatic carbocycles. The fraction of sp³-hybridized carbons (Fsp3) is 0.400. The summed E-state index contributed by atoms with van der Waals surface area (Å²) in [5.74, 6) is -0.00956. The van der Waals surface area contributed by atoms with Crippen molar-refractivity contribution >= 4 is 11.6 Å². The molecule has 1 atom stereocenters. The first kappa shape index (κ1) is 12.7. The highest BCUT2D eigenvalue weighted by atomic mass is 16.1. The zero-order valence-electron chi connectivity index (χ0n) is 11.0. The lowest BCUT2D eigenvalue weighted by atomic mass is 9.87. The van der Waals surface area contributed by atoms with Crippen molar-refractivity contribution < 1.29 is 4.79 Å². The molecular weight excluding hydrogens is 224 g/mol. The van der Waals surface area contributed by atoms with Crippen molar-refractivity contribution in [1.29, 1.82) is 0 Å². The minimum Gasteiger partial charge on any atom is -0.399 e. The molecule has 96 valence electrons. The molecule has 1 amide bonds. The summed E-state index contributed by atoms with van der Waals surface area (Å²) in [4.78, 5) is 11.8. The summed E-state index contributed by atoms with van der Waals surface area (Å²) in [6.45, 7) is 3.85. The first-order valence-electron chi connectivity index (χ1n) is 6.40. The van der Waals surface area contributed by atoms with Crippen LogP contribution in [-0.4, -0.2) is 5.91 Å². The van der Waals surface area contributed by atoms with Crippen LogP contribution in [0, 0.1) is 0 Å². The van der Waals surface area contributed by atoms with Crippen LogP contribution in [0.4, 0.5) is 5.69 Å². The number of nitrogens with one attached hydrogen (secondary N) is 1. The monoisotopic (exact) mass is 244 g/mol. The Morgan fingerprint density at radius 1 is 1.44 bits per heavy atom. The van der Waals surface area contributed by atoms with E-state index in [1.807, 2.05) is 32.0 Å². The van der Waals surface area contributed by atoms with Gasteiger partial charge in [-0.3, -0.25) is 4.79 Å². The highest BCUT2D eigenvalue weighted by Crippen LogP contribution is 2.30. The first-order valence-corrected chi connectivity index (χ1v) is 6.40. The lowest BCUT2D eigenvalue weighted by Crippen LogP contribution is -2.29. The Hall–Kier alpha value is -1.77. The van der Waals surface area contributed by atoms with E-state index < -0.39 is 0 Å². The predicted octanol–water partition coefficient (Wildman–Crippen LogP) is 2.73. The van der Waals surface area contributed by atoms with Crippen LogP contribution in [0.2, 0.25) is 0 Å². The largest absolute Gasteiger partial charge is 0.399 e. The lowest BCUT2D eigenvalue weighted by Gasteiger charge is -2.26. The molecule has 2 rings (SSSR count). The highest BCUT2D eigenvalue weighted by Gasteiger charge is 2.21. The quantitative estimate of drug-likeness (QED) is 0.621. The number of aryl methyl sites for hydroxylation is 1. The predicted molar refractivity (Wildman–Crippen MR) is 74.1 cm³/mol. The summed E-state index contributed by atoms with van der Waals surface area (Å²) in [6, 6.07) is 6.09. The van der Waals surface area contributed by atoms with Gasteiger partial charge in [0.25, 0.3) is 0 Å². The molecule has 0 saturated heterocycles. The number of carbonyl (C=O) groups is 1. The van der Waals surface area contributed by atoms with Crippen molar-refractivity contribution in [3.63, 3.8) is 0 Å². The van der Waals surface area contributed by atoms with Gasteiger partial charge in [0.1, 0.15) is 0 Å². The van der Waals surface area contributed by atoms with Crippen LogP contribution in [0.15, 0.2) is 29.8 Å². The molecule has 0 fully saturated rings. The Bertz CT molecular complexity index is 487. The number of hydrogen-bond donors (Lipinski definition) is 2. The van der Waals surface area contributed by atoms with Crippen LogP contribution >= 0.6 is 0 Å². The van der Waals surface area contributed by atoms with Gasteiger partial charge >= 0.3 is 0 Å². The van der Waals surface area contributed by atoms with Gasteiger partial charge in [-0.25, -0.2) is 0 Å². The fourth-order valence-corrected chi connectivity index (χ4v) is 2.46. The van der Waals surface area contributed by atoms with E-state index in [4.69, 9.17) is 5.73 Å². The van der Waals surface area contributed by atoms with Crippen LogP contribution in [-0.2, 0) is 11.2 Å². The van der Waals surface area contributed by atoms with Gasteiger partial charge in [0.15, 0.2) is 0 Å². The third kappa shape index (κ3) is 2.92. The molecule has 0 aromatic heterocycles. The normalized spacial score (nSPS) is 17.8. The van der Waals surface area contributed by atoms with E-state index in [0.29, 0.717) is 0 Å². The molecule has 18 heavy (non-hydrogen) atoms. The maximum Gasteiger partial charge on any atom is 0.244 e. The molecule has 1 aliphatic rings. The topological polar surface area (TPSA) is 55.1 Å². The van der Waals surface area contributed by atoms with Gasteiger partial charge in [0.05, 0.1) is 6.04 Å². The molecule has 0 radical (unpaired) electrons. The number of anilines is 1. The molecule has 0 bridgehead atoms. The van der Waals surface area contributed by atoms with E-state index in [9.17, 15) is 4.79 Å². The number of fused-ring (bicyclic) bond motifs is 1. The summed E-state index contributed by atoms with van der Waals surface area (Å²) < 4.78 is 0. The number of nitrogens with two attached hydrogens (primary N) is 1. The highest BCUT2D eigenvalue weighted by molar-refractivity contribution is 5.88. The maximum atomic E-state index is 11.8. The number of nitrogen functional groups attached to an aromatic ring is 1. The molecular formula is C15H20N2O. The second-order valence-electron chi connectivity index (χ2n) is 5.13. The van der Waals surface area contributed by atoms with Crippen molar-refractivity contribution in [2.45, 2.75) is 39.2 Å².